The van der Waals surface area contributed by atoms with Crippen molar-refractivity contribution in [3.05, 3.63) is 114 Å². The van der Waals surface area contributed by atoms with Gasteiger partial charge in [0.2, 0.25) is 0 Å². The lowest BCUT2D eigenvalue weighted by Gasteiger charge is -2.34. The number of ether oxygens (including phenoxy) is 2. The number of para-hydroxylation sites is 1. The van der Waals surface area contributed by atoms with Gasteiger partial charge in [0.25, 0.3) is 0 Å². The minimum atomic E-state index is -0.738. The normalized spacial score (nSPS) is 18.6. The lowest BCUT2D eigenvalue weighted by atomic mass is 9.81. The van der Waals surface area contributed by atoms with Crippen LogP contribution < -0.4 is 10.1 Å². The Morgan fingerprint density at radius 1 is 1.11 bits per heavy atom. The summed E-state index contributed by atoms with van der Waals surface area (Å²) in [4.78, 5) is 12.3. The van der Waals surface area contributed by atoms with Crippen LogP contribution >= 0.6 is 0 Å². The summed E-state index contributed by atoms with van der Waals surface area (Å²) < 4.78 is 11.5. The predicted molar refractivity (Wildman–Crippen MR) is 156 cm³/mol. The Hall–Kier alpha value is -3.63. The van der Waals surface area contributed by atoms with Crippen molar-refractivity contribution in [3.8, 4) is 5.75 Å². The minimum Gasteiger partial charge on any atom is -0.489 e. The summed E-state index contributed by atoms with van der Waals surface area (Å²) in [5.41, 5.74) is 3.59. The Morgan fingerprint density at radius 2 is 1.82 bits per heavy atom. The number of esters is 1. The van der Waals surface area contributed by atoms with Gasteiger partial charge in [-0.05, 0) is 67.7 Å². The fourth-order valence-electron chi connectivity index (χ4n) is 5.37. The van der Waals surface area contributed by atoms with Gasteiger partial charge in [-0.15, -0.1) is 0 Å². The molecule has 1 aliphatic heterocycles. The molecule has 0 bridgehead atoms. The third-order valence-electron chi connectivity index (χ3n) is 7.68. The lowest BCUT2D eigenvalue weighted by molar-refractivity contribution is -0.148. The van der Waals surface area contributed by atoms with Crippen molar-refractivity contribution in [2.75, 3.05) is 13.7 Å². The van der Waals surface area contributed by atoms with Gasteiger partial charge in [-0.2, -0.15) is 0 Å². The molecule has 0 spiro atoms. The average Bonchev–Trinajstić information content (AvgIpc) is 2.94. The third-order valence-corrected chi connectivity index (χ3v) is 7.68. The maximum absolute atomic E-state index is 12.3. The molecule has 0 aliphatic carbocycles. The maximum atomic E-state index is 12.3. The first-order chi connectivity index (χ1) is 18.3. The molecule has 0 saturated heterocycles. The Labute approximate surface area is 227 Å². The highest BCUT2D eigenvalue weighted by Gasteiger charge is 2.32. The van der Waals surface area contributed by atoms with Crippen LogP contribution in [0.15, 0.2) is 103 Å². The third kappa shape index (κ3) is 5.76. The van der Waals surface area contributed by atoms with Crippen molar-refractivity contribution in [1.82, 2.24) is 5.32 Å². The quantitative estimate of drug-likeness (QED) is 0.237. The number of carbonyl (C=O) groups excluding carboxylic acids is 1. The van der Waals surface area contributed by atoms with Gasteiger partial charge < -0.3 is 14.8 Å². The van der Waals surface area contributed by atoms with Gasteiger partial charge in [0.1, 0.15) is 11.9 Å². The van der Waals surface area contributed by atoms with Gasteiger partial charge in [0, 0.05) is 24.1 Å². The Bertz CT molecular complexity index is 1360. The summed E-state index contributed by atoms with van der Waals surface area (Å²) in [6.07, 6.45) is 6.81. The molecule has 0 fully saturated rings. The zero-order chi connectivity index (χ0) is 27.3. The van der Waals surface area contributed by atoms with E-state index in [1.807, 2.05) is 57.2 Å². The van der Waals surface area contributed by atoms with E-state index in [0.29, 0.717) is 0 Å². The largest absolute Gasteiger partial charge is 0.489 e. The maximum Gasteiger partial charge on any atom is 0.315 e. The van der Waals surface area contributed by atoms with Crippen molar-refractivity contribution < 1.29 is 14.3 Å². The highest BCUT2D eigenvalue weighted by atomic mass is 16.5. The topological polar surface area (TPSA) is 47.6 Å². The number of nitrogens with one attached hydrogen (secondary N) is 1. The molecule has 1 aliphatic rings. The molecular formula is C34H39NO3. The molecule has 198 valence electrons. The van der Waals surface area contributed by atoms with Gasteiger partial charge in [-0.25, -0.2) is 0 Å². The van der Waals surface area contributed by atoms with Crippen molar-refractivity contribution in [2.24, 2.45) is 5.41 Å². The number of fused-ring (bicyclic) bond motifs is 2. The fourth-order valence-corrected chi connectivity index (χ4v) is 5.37. The first kappa shape index (κ1) is 27.4. The molecule has 3 aromatic carbocycles. The number of carbonyl (C=O) groups is 1. The van der Waals surface area contributed by atoms with E-state index in [1.54, 1.807) is 0 Å². The number of rotatable bonds is 9. The van der Waals surface area contributed by atoms with E-state index in [4.69, 9.17) is 9.47 Å². The highest BCUT2D eigenvalue weighted by molar-refractivity contribution is 5.86. The van der Waals surface area contributed by atoms with Crippen LogP contribution in [-0.4, -0.2) is 25.7 Å². The van der Waals surface area contributed by atoms with Gasteiger partial charge >= 0.3 is 5.97 Å². The van der Waals surface area contributed by atoms with Crippen LogP contribution in [0.5, 0.6) is 5.75 Å². The summed E-state index contributed by atoms with van der Waals surface area (Å²) in [6, 6.07) is 23.4. The van der Waals surface area contributed by atoms with Crippen LogP contribution in [0.25, 0.3) is 10.8 Å². The van der Waals surface area contributed by atoms with Gasteiger partial charge in [-0.3, -0.25) is 4.79 Å². The zero-order valence-electron chi connectivity index (χ0n) is 23.2. The number of methoxy groups -OCH3 is 1. The van der Waals surface area contributed by atoms with E-state index >= 15 is 0 Å². The van der Waals surface area contributed by atoms with E-state index in [1.165, 1.54) is 23.4 Å². The van der Waals surface area contributed by atoms with Crippen LogP contribution in [0.4, 0.5) is 0 Å². The Kier molecular flexibility index (Phi) is 8.53. The molecule has 4 heteroatoms. The molecule has 0 saturated carbocycles. The van der Waals surface area contributed by atoms with Gasteiger partial charge in [-0.1, -0.05) is 85.5 Å². The lowest BCUT2D eigenvalue weighted by Crippen LogP contribution is -2.37. The molecule has 38 heavy (non-hydrogen) atoms. The fraction of sp³-hybridized carbons (Fsp3) is 0.324. The van der Waals surface area contributed by atoms with E-state index < -0.39 is 5.41 Å². The monoisotopic (exact) mass is 509 g/mol. The number of benzene rings is 3. The molecular weight excluding hydrogens is 470 g/mol. The van der Waals surface area contributed by atoms with Crippen LogP contribution in [0, 0.1) is 5.41 Å². The summed E-state index contributed by atoms with van der Waals surface area (Å²) in [6.45, 7) is 13.1. The van der Waals surface area contributed by atoms with Crippen molar-refractivity contribution >= 4 is 16.7 Å². The second-order valence-electron chi connectivity index (χ2n) is 10.5. The standard InChI is InChI=1S/C34H39NO3/c1-7-26(34(4,5)33(36)37-6)20-19-23(2)31-21-27(38-32-18-11-10-16-30(31)32)22-35-24(3)28-17-12-14-25-13-8-9-15-29(25)28/h7-20,24,27,31,35H,2,21-22H2,1,3-6H3/b20-19-,26-7+/t24-,27-,31+/m1/s1. The number of hydrogen-bond donors (Lipinski definition) is 1. The minimum absolute atomic E-state index is 0.00479. The van der Waals surface area contributed by atoms with Crippen molar-refractivity contribution in [1.29, 1.82) is 0 Å². The molecule has 4 rings (SSSR count). The summed E-state index contributed by atoms with van der Waals surface area (Å²) in [5.74, 6) is 0.767. The molecule has 4 nitrogen and oxygen atoms in total. The average molecular weight is 510 g/mol. The first-order valence-electron chi connectivity index (χ1n) is 13.3. The summed E-state index contributed by atoms with van der Waals surface area (Å²) >= 11 is 0. The van der Waals surface area contributed by atoms with Crippen LogP contribution in [-0.2, 0) is 9.53 Å². The van der Waals surface area contributed by atoms with E-state index in [0.717, 1.165) is 35.4 Å². The molecule has 3 atom stereocenters. The Morgan fingerprint density at radius 3 is 2.58 bits per heavy atom. The highest BCUT2D eigenvalue weighted by Crippen LogP contribution is 2.41. The van der Waals surface area contributed by atoms with Crippen molar-refractivity contribution in [2.45, 2.75) is 52.2 Å². The molecule has 1 N–H and O–H groups in total. The SMILES string of the molecule is C=C(/C=C\C(=C/C)C(C)(C)C(=O)OC)[C@@H]1C[C@H](CN[C@H](C)c2cccc3ccccc23)Oc2ccccc21. The first-order valence-corrected chi connectivity index (χ1v) is 13.3. The smallest absolute Gasteiger partial charge is 0.315 e. The molecule has 3 aromatic rings. The second-order valence-corrected chi connectivity index (χ2v) is 10.5. The Balaban J connectivity index is 1.50. The molecule has 0 unspecified atom stereocenters. The molecule has 0 amide bonds. The van der Waals surface area contributed by atoms with Crippen LogP contribution in [0.2, 0.25) is 0 Å². The number of allylic oxidation sites excluding steroid dienone is 4. The van der Waals surface area contributed by atoms with Gasteiger partial charge in [0.15, 0.2) is 0 Å². The van der Waals surface area contributed by atoms with Crippen molar-refractivity contribution in [3.63, 3.8) is 0 Å². The predicted octanol–water partition coefficient (Wildman–Crippen LogP) is 7.68. The molecule has 0 radical (unpaired) electrons. The number of hydrogen-bond acceptors (Lipinski definition) is 4. The van der Waals surface area contributed by atoms with E-state index in [-0.39, 0.29) is 24.0 Å². The zero-order valence-corrected chi connectivity index (χ0v) is 23.2. The van der Waals surface area contributed by atoms with E-state index in [2.05, 4.69) is 67.4 Å². The second kappa shape index (κ2) is 11.8. The van der Waals surface area contributed by atoms with Gasteiger partial charge in [0.05, 0.1) is 12.5 Å². The van der Waals surface area contributed by atoms with Crippen LogP contribution in [0.3, 0.4) is 0 Å². The summed E-state index contributed by atoms with van der Waals surface area (Å²) in [5, 5.41) is 6.24. The molecule has 0 aromatic heterocycles. The van der Waals surface area contributed by atoms with Crippen LogP contribution in [0.1, 0.15) is 57.2 Å². The molecule has 1 heterocycles. The summed E-state index contributed by atoms with van der Waals surface area (Å²) in [7, 11) is 1.42. The van der Waals surface area contributed by atoms with E-state index in [9.17, 15) is 4.79 Å².